The van der Waals surface area contributed by atoms with Crippen LogP contribution >= 0.6 is 0 Å². The van der Waals surface area contributed by atoms with Gasteiger partial charge in [-0.2, -0.15) is 0 Å². The molecule has 2 N–H and O–H groups in total. The van der Waals surface area contributed by atoms with Crippen LogP contribution in [0, 0.1) is 5.92 Å². The number of carbonyl (C=O) groups excluding carboxylic acids is 1. The van der Waals surface area contributed by atoms with E-state index in [9.17, 15) is 15.0 Å². The van der Waals surface area contributed by atoms with Crippen molar-refractivity contribution in [3.8, 4) is 0 Å². The summed E-state index contributed by atoms with van der Waals surface area (Å²) in [6.07, 6.45) is 6.60. The maximum absolute atomic E-state index is 11.9. The fraction of sp³-hybridized carbons (Fsp3) is 0.800. The molecule has 0 bridgehead atoms. The van der Waals surface area contributed by atoms with Gasteiger partial charge in [0.05, 0.1) is 18.1 Å². The summed E-state index contributed by atoms with van der Waals surface area (Å²) in [5, 5.41) is 19.9. The maximum atomic E-state index is 11.9. The zero-order chi connectivity index (χ0) is 14.3. The Morgan fingerprint density at radius 2 is 2.11 bits per heavy atom. The molecule has 0 fully saturated rings. The van der Waals surface area contributed by atoms with Crippen LogP contribution in [0.5, 0.6) is 0 Å². The van der Waals surface area contributed by atoms with Crippen LogP contribution in [-0.2, 0) is 9.53 Å². The number of ether oxygens (including phenoxy) is 1. The van der Waals surface area contributed by atoms with Crippen LogP contribution in [-0.4, -0.2) is 34.5 Å². The second kappa shape index (κ2) is 8.33. The van der Waals surface area contributed by atoms with Crippen molar-refractivity contribution in [3.05, 3.63) is 12.2 Å². The summed E-state index contributed by atoms with van der Waals surface area (Å²) in [6, 6.07) is 0. The van der Waals surface area contributed by atoms with Crippen molar-refractivity contribution in [2.24, 2.45) is 5.92 Å². The number of unbranched alkanes of at least 4 members (excludes halogenated alkanes) is 2. The summed E-state index contributed by atoms with van der Waals surface area (Å²) in [7, 11) is 0. The first-order chi connectivity index (χ1) is 9.06. The largest absolute Gasteiger partial charge is 0.459 e. The van der Waals surface area contributed by atoms with Crippen LogP contribution in [0.4, 0.5) is 0 Å². The molecule has 110 valence electrons. The topological polar surface area (TPSA) is 66.8 Å². The monoisotopic (exact) mass is 270 g/mol. The van der Waals surface area contributed by atoms with Crippen LogP contribution in [0.1, 0.15) is 52.4 Å². The molecule has 0 saturated heterocycles. The Kier molecular flexibility index (Phi) is 7.10. The van der Waals surface area contributed by atoms with Crippen LogP contribution in [0.3, 0.4) is 0 Å². The van der Waals surface area contributed by atoms with Gasteiger partial charge in [0.25, 0.3) is 0 Å². The van der Waals surface area contributed by atoms with E-state index in [4.69, 9.17) is 4.74 Å². The first kappa shape index (κ1) is 16.2. The van der Waals surface area contributed by atoms with Crippen molar-refractivity contribution in [2.75, 3.05) is 0 Å². The van der Waals surface area contributed by atoms with Crippen molar-refractivity contribution in [3.63, 3.8) is 0 Å². The van der Waals surface area contributed by atoms with Gasteiger partial charge in [0.1, 0.15) is 6.10 Å². The minimum atomic E-state index is -0.806. The summed E-state index contributed by atoms with van der Waals surface area (Å²) in [5.41, 5.74) is 0. The van der Waals surface area contributed by atoms with E-state index in [-0.39, 0.29) is 0 Å². The summed E-state index contributed by atoms with van der Waals surface area (Å²) in [4.78, 5) is 11.9. The predicted octanol–water partition coefficient (Wildman–Crippen LogP) is 2.19. The van der Waals surface area contributed by atoms with E-state index in [2.05, 4.69) is 6.92 Å². The van der Waals surface area contributed by atoms with E-state index in [1.54, 1.807) is 13.0 Å². The number of rotatable bonds is 4. The van der Waals surface area contributed by atoms with Gasteiger partial charge in [0.15, 0.2) is 0 Å². The molecule has 19 heavy (non-hydrogen) atoms. The fourth-order valence-corrected chi connectivity index (χ4v) is 2.18. The van der Waals surface area contributed by atoms with E-state index in [0.29, 0.717) is 19.3 Å². The highest BCUT2D eigenvalue weighted by Crippen LogP contribution is 2.19. The summed E-state index contributed by atoms with van der Waals surface area (Å²) in [5.74, 6) is -1.02. The highest BCUT2D eigenvalue weighted by Gasteiger charge is 2.28. The number of aliphatic hydroxyl groups excluding tert-OH is 2. The van der Waals surface area contributed by atoms with Gasteiger partial charge >= 0.3 is 5.97 Å². The average Bonchev–Trinajstić information content (AvgIpc) is 2.40. The lowest BCUT2D eigenvalue weighted by molar-refractivity contribution is -0.163. The van der Waals surface area contributed by atoms with Crippen molar-refractivity contribution < 1.29 is 19.7 Å². The smallest absolute Gasteiger partial charge is 0.311 e. The molecule has 0 radical (unpaired) electrons. The Balaban J connectivity index is 2.67. The van der Waals surface area contributed by atoms with Crippen molar-refractivity contribution in [1.29, 1.82) is 0 Å². The molecule has 1 rings (SSSR count). The maximum Gasteiger partial charge on any atom is 0.311 e. The Morgan fingerprint density at radius 1 is 1.37 bits per heavy atom. The van der Waals surface area contributed by atoms with Crippen LogP contribution in [0.2, 0.25) is 0 Å². The van der Waals surface area contributed by atoms with Crippen LogP contribution in [0.15, 0.2) is 12.2 Å². The molecule has 4 nitrogen and oxygen atoms in total. The second-order valence-corrected chi connectivity index (χ2v) is 5.32. The van der Waals surface area contributed by atoms with Gasteiger partial charge in [0.2, 0.25) is 0 Å². The van der Waals surface area contributed by atoms with Crippen molar-refractivity contribution in [2.45, 2.75) is 70.7 Å². The Labute approximate surface area is 115 Å². The lowest BCUT2D eigenvalue weighted by Gasteiger charge is -2.26. The first-order valence-electron chi connectivity index (χ1n) is 7.29. The average molecular weight is 270 g/mol. The number of hydrogen-bond donors (Lipinski definition) is 2. The van der Waals surface area contributed by atoms with E-state index >= 15 is 0 Å². The predicted molar refractivity (Wildman–Crippen MR) is 73.6 cm³/mol. The quantitative estimate of drug-likeness (QED) is 0.467. The lowest BCUT2D eigenvalue weighted by Crippen LogP contribution is -2.36. The van der Waals surface area contributed by atoms with Crippen LogP contribution < -0.4 is 0 Å². The zero-order valence-corrected chi connectivity index (χ0v) is 11.9. The normalized spacial score (nSPS) is 34.6. The molecule has 1 heterocycles. The molecule has 0 aliphatic carbocycles. The third-order valence-corrected chi connectivity index (χ3v) is 3.64. The van der Waals surface area contributed by atoms with Crippen molar-refractivity contribution >= 4 is 5.97 Å². The Morgan fingerprint density at radius 3 is 2.79 bits per heavy atom. The number of hydrogen-bond acceptors (Lipinski definition) is 4. The summed E-state index contributed by atoms with van der Waals surface area (Å²) in [6.45, 7) is 3.76. The molecule has 1 aliphatic heterocycles. The van der Waals surface area contributed by atoms with Gasteiger partial charge in [0, 0.05) is 0 Å². The number of allylic oxidation sites excluding steroid dienone is 1. The Bertz CT molecular complexity index is 301. The highest BCUT2D eigenvalue weighted by atomic mass is 16.6. The fourth-order valence-electron chi connectivity index (χ4n) is 2.18. The SMILES string of the molecule is CCCCC[C@H]1OC(=O)[C@@H](C)[C@H](O)/C=C\CC[C@@H]1O. The highest BCUT2D eigenvalue weighted by molar-refractivity contribution is 5.73. The molecule has 0 aromatic heterocycles. The number of carbonyl (C=O) groups is 1. The second-order valence-electron chi connectivity index (χ2n) is 5.32. The number of esters is 1. The van der Waals surface area contributed by atoms with E-state index in [1.807, 2.05) is 6.08 Å². The number of aliphatic hydroxyl groups is 2. The molecule has 4 heteroatoms. The zero-order valence-electron chi connectivity index (χ0n) is 11.9. The molecule has 0 spiro atoms. The molecule has 0 aromatic rings. The third-order valence-electron chi connectivity index (χ3n) is 3.64. The van der Waals surface area contributed by atoms with Gasteiger partial charge in [-0.15, -0.1) is 0 Å². The molecule has 1 aliphatic rings. The van der Waals surface area contributed by atoms with E-state index in [1.165, 1.54) is 0 Å². The molecular formula is C15H26O4. The van der Waals surface area contributed by atoms with Gasteiger partial charge in [-0.25, -0.2) is 0 Å². The van der Waals surface area contributed by atoms with Gasteiger partial charge in [-0.1, -0.05) is 31.9 Å². The van der Waals surface area contributed by atoms with Gasteiger partial charge < -0.3 is 14.9 Å². The molecule has 4 atom stereocenters. The molecule has 0 amide bonds. The molecular weight excluding hydrogens is 244 g/mol. The standard InChI is InChI=1S/C15H26O4/c1-3-4-5-10-14-13(17)9-7-6-8-12(16)11(2)15(18)19-14/h6,8,11-14,16-17H,3-5,7,9-10H2,1-2H3/b8-6-/t11-,12+,13-,14+/m0/s1. The minimum absolute atomic E-state index is 0.431. The van der Waals surface area contributed by atoms with E-state index in [0.717, 1.165) is 19.3 Å². The lowest BCUT2D eigenvalue weighted by atomic mass is 9.98. The van der Waals surface area contributed by atoms with Crippen molar-refractivity contribution in [1.82, 2.24) is 0 Å². The van der Waals surface area contributed by atoms with Gasteiger partial charge in [-0.05, 0) is 32.6 Å². The summed E-state index contributed by atoms with van der Waals surface area (Å²) < 4.78 is 5.39. The Hall–Kier alpha value is -0.870. The molecule has 0 unspecified atom stereocenters. The van der Waals surface area contributed by atoms with Crippen LogP contribution in [0.25, 0.3) is 0 Å². The van der Waals surface area contributed by atoms with Gasteiger partial charge in [-0.3, -0.25) is 4.79 Å². The van der Waals surface area contributed by atoms with E-state index < -0.39 is 30.2 Å². The number of cyclic esters (lactones) is 1. The minimum Gasteiger partial charge on any atom is -0.459 e. The summed E-state index contributed by atoms with van der Waals surface area (Å²) >= 11 is 0. The third kappa shape index (κ3) is 5.33. The molecule has 0 saturated carbocycles. The first-order valence-corrected chi connectivity index (χ1v) is 7.29. The molecule has 0 aromatic carbocycles.